The van der Waals surface area contributed by atoms with Crippen LogP contribution in [-0.4, -0.2) is 56.1 Å². The van der Waals surface area contributed by atoms with Gasteiger partial charge in [0.25, 0.3) is 5.91 Å². The number of aromatic nitrogens is 4. The van der Waals surface area contributed by atoms with Gasteiger partial charge in [-0.1, -0.05) is 88.7 Å². The van der Waals surface area contributed by atoms with E-state index in [1.807, 2.05) is 86.7 Å². The summed E-state index contributed by atoms with van der Waals surface area (Å²) in [5.74, 6) is -1.32. The smallest absolute Gasteiger partial charge is 0.305 e. The van der Waals surface area contributed by atoms with Gasteiger partial charge in [-0.25, -0.2) is 15.0 Å². The van der Waals surface area contributed by atoms with E-state index in [1.165, 1.54) is 6.33 Å². The van der Waals surface area contributed by atoms with Crippen LogP contribution in [0.5, 0.6) is 11.5 Å². The number of rotatable bonds is 7. The number of benzene rings is 3. The van der Waals surface area contributed by atoms with E-state index in [0.717, 1.165) is 11.1 Å². The van der Waals surface area contributed by atoms with Gasteiger partial charge in [-0.15, -0.1) is 0 Å². The van der Waals surface area contributed by atoms with E-state index in [2.05, 4.69) is 36.2 Å². The maximum Gasteiger partial charge on any atom is 0.305 e. The van der Waals surface area contributed by atoms with Gasteiger partial charge in [0, 0.05) is 22.1 Å². The highest BCUT2D eigenvalue weighted by atomic mass is 79.9. The Kier molecular flexibility index (Phi) is 7.44. The highest BCUT2D eigenvalue weighted by molar-refractivity contribution is 9.10. The number of nitrogens with zero attached hydrogens (tertiary/aromatic N) is 4. The predicted octanol–water partition coefficient (Wildman–Crippen LogP) is 5.25. The molecule has 5 aromatic rings. The Bertz CT molecular complexity index is 2000. The monoisotopic (exact) mass is 710 g/mol. The van der Waals surface area contributed by atoms with E-state index in [-0.39, 0.29) is 18.3 Å². The second-order valence-corrected chi connectivity index (χ2v) is 13.0. The zero-order valence-electron chi connectivity index (χ0n) is 25.9. The first-order valence-corrected chi connectivity index (χ1v) is 16.2. The number of hydrogen-bond acceptors (Lipinski definition) is 10. The lowest BCUT2D eigenvalue weighted by Crippen LogP contribution is -2.37. The molecule has 3 aliphatic rings. The lowest BCUT2D eigenvalue weighted by molar-refractivity contribution is -0.191. The summed E-state index contributed by atoms with van der Waals surface area (Å²) in [4.78, 5) is 26.4. The average Bonchev–Trinajstić information content (AvgIpc) is 3.84. The molecular weight excluding hydrogens is 680 g/mol. The van der Waals surface area contributed by atoms with Crippen LogP contribution < -0.4 is 20.5 Å². The molecular formula is C35H31BrN6O6. The van der Waals surface area contributed by atoms with Crippen LogP contribution in [0.25, 0.3) is 11.2 Å². The minimum atomic E-state index is -1.26. The van der Waals surface area contributed by atoms with Crippen LogP contribution in [0.1, 0.15) is 41.6 Å². The Labute approximate surface area is 284 Å². The van der Waals surface area contributed by atoms with Gasteiger partial charge < -0.3 is 34.7 Å². The Balaban J connectivity index is 1.01. The van der Waals surface area contributed by atoms with Gasteiger partial charge in [0.15, 0.2) is 35.0 Å². The molecule has 2 saturated heterocycles. The molecule has 2 aromatic heterocycles. The third-order valence-corrected chi connectivity index (χ3v) is 8.96. The number of fused-ring (bicyclic) bond motifs is 3. The summed E-state index contributed by atoms with van der Waals surface area (Å²) >= 11 is 3.54. The summed E-state index contributed by atoms with van der Waals surface area (Å²) in [5, 5.41) is 2.98. The van der Waals surface area contributed by atoms with Crippen molar-refractivity contribution >= 4 is 38.8 Å². The largest absolute Gasteiger partial charge is 0.440 e. The molecule has 2 fully saturated rings. The number of imidazole rings is 1. The summed E-state index contributed by atoms with van der Waals surface area (Å²) < 4.78 is 34.5. The highest BCUT2D eigenvalue weighted by Gasteiger charge is 2.55. The first kappa shape index (κ1) is 30.5. The van der Waals surface area contributed by atoms with Crippen molar-refractivity contribution in [3.05, 3.63) is 119 Å². The molecule has 3 aromatic carbocycles. The molecule has 4 atom stereocenters. The molecule has 5 heterocycles. The number of carbonyl (C=O) groups excluding carboxylic acids is 1. The van der Waals surface area contributed by atoms with E-state index < -0.39 is 36.1 Å². The molecule has 8 rings (SSSR count). The van der Waals surface area contributed by atoms with E-state index in [9.17, 15) is 4.79 Å². The maximum atomic E-state index is 13.7. The number of ether oxygens (including phenoxy) is 5. The van der Waals surface area contributed by atoms with Crippen LogP contribution in [0, 0.1) is 0 Å². The first-order valence-electron chi connectivity index (χ1n) is 15.4. The molecule has 244 valence electrons. The molecule has 48 heavy (non-hydrogen) atoms. The zero-order valence-corrected chi connectivity index (χ0v) is 27.5. The average molecular weight is 712 g/mol. The van der Waals surface area contributed by atoms with Crippen LogP contribution in [0.3, 0.4) is 0 Å². The number of carbonyl (C=O) groups is 1. The van der Waals surface area contributed by atoms with Gasteiger partial charge in [-0.05, 0) is 26.0 Å². The third kappa shape index (κ3) is 5.19. The lowest BCUT2D eigenvalue weighted by Gasteiger charge is -2.28. The fourth-order valence-electron chi connectivity index (χ4n) is 6.45. The van der Waals surface area contributed by atoms with E-state index in [4.69, 9.17) is 29.4 Å². The quantitative estimate of drug-likeness (QED) is 0.215. The Morgan fingerprint density at radius 3 is 2.42 bits per heavy atom. The van der Waals surface area contributed by atoms with Crippen molar-refractivity contribution in [3.63, 3.8) is 0 Å². The summed E-state index contributed by atoms with van der Waals surface area (Å²) in [7, 11) is 0. The van der Waals surface area contributed by atoms with Crippen LogP contribution in [0.2, 0.25) is 0 Å². The zero-order chi connectivity index (χ0) is 33.0. The molecule has 1 amide bonds. The molecule has 0 bridgehead atoms. The Morgan fingerprint density at radius 1 is 0.979 bits per heavy atom. The molecule has 0 saturated carbocycles. The molecule has 3 aliphatic heterocycles. The molecule has 0 spiro atoms. The number of amides is 1. The van der Waals surface area contributed by atoms with Gasteiger partial charge in [0.05, 0.1) is 11.9 Å². The van der Waals surface area contributed by atoms with Crippen LogP contribution in [0.15, 0.2) is 102 Å². The van der Waals surface area contributed by atoms with E-state index in [1.54, 1.807) is 23.0 Å². The fourth-order valence-corrected chi connectivity index (χ4v) is 6.88. The second-order valence-electron chi connectivity index (χ2n) is 12.1. The number of nitrogens with two attached hydrogens (primary N) is 1. The fraction of sp³-hybridized carbons (Fsp3) is 0.257. The van der Waals surface area contributed by atoms with Crippen molar-refractivity contribution in [2.75, 3.05) is 12.3 Å². The van der Waals surface area contributed by atoms with Crippen LogP contribution in [0.4, 0.5) is 5.82 Å². The van der Waals surface area contributed by atoms with Gasteiger partial charge >= 0.3 is 5.79 Å². The van der Waals surface area contributed by atoms with E-state index in [0.29, 0.717) is 32.7 Å². The summed E-state index contributed by atoms with van der Waals surface area (Å²) in [5.41, 5.74) is 8.96. The molecule has 0 aliphatic carbocycles. The number of halogens is 1. The van der Waals surface area contributed by atoms with Gasteiger partial charge in [-0.2, -0.15) is 0 Å². The van der Waals surface area contributed by atoms with Crippen LogP contribution in [-0.2, 0) is 20.0 Å². The summed E-state index contributed by atoms with van der Waals surface area (Å²) in [6.07, 6.45) is 4.81. The van der Waals surface area contributed by atoms with Crippen molar-refractivity contribution in [1.82, 2.24) is 24.8 Å². The molecule has 12 nitrogen and oxygen atoms in total. The molecule has 0 radical (unpaired) electrons. The van der Waals surface area contributed by atoms with Crippen molar-refractivity contribution in [3.8, 4) is 11.5 Å². The Morgan fingerprint density at radius 2 is 1.69 bits per heavy atom. The number of nitrogen functional groups attached to an aromatic ring is 1. The van der Waals surface area contributed by atoms with Crippen molar-refractivity contribution in [1.29, 1.82) is 0 Å². The number of nitrogens with one attached hydrogen (secondary N) is 1. The summed E-state index contributed by atoms with van der Waals surface area (Å²) in [6.45, 7) is 3.94. The predicted molar refractivity (Wildman–Crippen MR) is 178 cm³/mol. The van der Waals surface area contributed by atoms with Crippen LogP contribution >= 0.6 is 15.9 Å². The minimum Gasteiger partial charge on any atom is -0.440 e. The van der Waals surface area contributed by atoms with Crippen molar-refractivity contribution in [2.45, 2.75) is 50.0 Å². The molecule has 13 heteroatoms. The minimum absolute atomic E-state index is 0.216. The van der Waals surface area contributed by atoms with Gasteiger partial charge in [0.2, 0.25) is 0 Å². The van der Waals surface area contributed by atoms with Gasteiger partial charge in [0.1, 0.15) is 30.2 Å². The SMILES string of the molecule is CC1(C)OC2[C@@H](/C=C/CNC(=O)c3cc(Br)cc4c3OC(c3ccccc3)(c3ccccc3)O4)O[C@@H](n3cnc4c(N)ncnc43)[C@H]2O1. The maximum absolute atomic E-state index is 13.7. The molecule has 1 unspecified atom stereocenters. The number of anilines is 1. The third-order valence-electron chi connectivity index (χ3n) is 8.50. The van der Waals surface area contributed by atoms with E-state index >= 15 is 0 Å². The van der Waals surface area contributed by atoms with Crippen molar-refractivity contribution in [2.24, 2.45) is 0 Å². The molecule has 3 N–H and O–H groups in total. The standard InChI is InChI=1S/C35H31BrN6O6/c1-34(2)46-28-24(44-33(29(28)47-34)42-19-41-26-30(37)39-18-40-31(26)42)14-9-15-38-32(43)23-16-22(36)17-25-27(23)48-35(45-25,20-10-5-3-6-11-20)21-12-7-4-8-13-21/h3-14,16-19,24,28-29,33H,15H2,1-2H3,(H,38,43)(H2,37,39,40)/b14-9+/t24-,28?,29+,33-/m1/s1. The normalized spacial score (nSPS) is 23.5. The lowest BCUT2D eigenvalue weighted by atomic mass is 9.97. The van der Waals surface area contributed by atoms with Gasteiger partial charge in [-0.3, -0.25) is 9.36 Å². The van der Waals surface area contributed by atoms with Crippen molar-refractivity contribution < 1.29 is 28.5 Å². The topological polar surface area (TPSA) is 145 Å². The highest BCUT2D eigenvalue weighted by Crippen LogP contribution is 2.50. The second kappa shape index (κ2) is 11.7. The first-order chi connectivity index (χ1) is 23.2. The summed E-state index contributed by atoms with van der Waals surface area (Å²) in [6, 6.07) is 22.9. The Hall–Kier alpha value is -4.82. The number of hydrogen-bond donors (Lipinski definition) is 2.